The Bertz CT molecular complexity index is 695. The van der Waals surface area contributed by atoms with Crippen molar-refractivity contribution in [2.75, 3.05) is 0 Å². The van der Waals surface area contributed by atoms with E-state index in [1.165, 1.54) is 0 Å². The fourth-order valence-corrected chi connectivity index (χ4v) is 3.39. The Labute approximate surface area is 164 Å². The van der Waals surface area contributed by atoms with Crippen molar-refractivity contribution in [3.63, 3.8) is 0 Å². The number of Topliss-reactive ketones (excluding diaryl/α,β-unsaturated/α-hetero) is 1. The fraction of sp³-hybridized carbons (Fsp3) is 0.429. The van der Waals surface area contributed by atoms with Crippen LogP contribution in [-0.2, 0) is 9.59 Å². The number of hydrogen-bond acceptors (Lipinski definition) is 4. The van der Waals surface area contributed by atoms with Crippen molar-refractivity contribution < 1.29 is 24.9 Å². The Morgan fingerprint density at radius 2 is 1.96 bits per heavy atom. The van der Waals surface area contributed by atoms with Crippen LogP contribution in [0, 0.1) is 11.8 Å². The Balaban J connectivity index is 1.94. The van der Waals surface area contributed by atoms with E-state index in [2.05, 4.69) is 0 Å². The van der Waals surface area contributed by atoms with Gasteiger partial charge < -0.3 is 15.3 Å². The molecule has 0 aliphatic heterocycles. The molecule has 5 nitrogen and oxygen atoms in total. The number of allylic oxidation sites excluding steroid dienone is 3. The first-order valence-electron chi connectivity index (χ1n) is 9.08. The van der Waals surface area contributed by atoms with Gasteiger partial charge in [0.15, 0.2) is 0 Å². The molecule has 0 heterocycles. The third kappa shape index (κ3) is 6.61. The Kier molecular flexibility index (Phi) is 8.23. The number of benzene rings is 1. The first-order chi connectivity index (χ1) is 12.9. The van der Waals surface area contributed by atoms with Gasteiger partial charge in [-0.05, 0) is 37.0 Å². The average Bonchev–Trinajstić information content (AvgIpc) is 2.89. The number of carboxylic acids is 1. The van der Waals surface area contributed by atoms with Gasteiger partial charge in [-0.25, -0.2) is 0 Å². The van der Waals surface area contributed by atoms with E-state index < -0.39 is 24.1 Å². The van der Waals surface area contributed by atoms with Gasteiger partial charge >= 0.3 is 5.97 Å². The van der Waals surface area contributed by atoms with E-state index in [4.69, 9.17) is 16.7 Å². The molecule has 6 heteroatoms. The first kappa shape index (κ1) is 21.4. The zero-order chi connectivity index (χ0) is 19.8. The highest BCUT2D eigenvalue weighted by atomic mass is 35.5. The van der Waals surface area contributed by atoms with Crippen molar-refractivity contribution in [3.8, 4) is 0 Å². The molecule has 0 amide bonds. The molecule has 0 saturated heterocycles. The summed E-state index contributed by atoms with van der Waals surface area (Å²) in [4.78, 5) is 22.7. The highest BCUT2D eigenvalue weighted by Crippen LogP contribution is 2.34. The standard InChI is InChI=1S/C21H25ClO5/c22-15-9-7-14(8-10-15)18(23)12-11-17-16(19(24)13-20(17)25)5-3-1-2-4-6-21(26)27/h1,3,7-12,16-19,23-24H,2,4-6,13H2,(H,26,27)/b3-1-,12-11+/t16-,17-,18+,19+/m1/s1. The Morgan fingerprint density at radius 3 is 2.63 bits per heavy atom. The number of rotatable bonds is 9. The predicted octanol–water partition coefficient (Wildman–Crippen LogP) is 3.70. The zero-order valence-electron chi connectivity index (χ0n) is 15.0. The number of hydrogen-bond donors (Lipinski definition) is 3. The Hall–Kier alpha value is -1.95. The smallest absolute Gasteiger partial charge is 0.303 e. The summed E-state index contributed by atoms with van der Waals surface area (Å²) >= 11 is 5.84. The van der Waals surface area contributed by atoms with Gasteiger partial charge in [0.2, 0.25) is 0 Å². The van der Waals surface area contributed by atoms with E-state index in [-0.39, 0.29) is 24.5 Å². The van der Waals surface area contributed by atoms with E-state index in [1.54, 1.807) is 36.4 Å². The van der Waals surface area contributed by atoms with Crippen molar-refractivity contribution in [2.24, 2.45) is 11.8 Å². The molecule has 1 aromatic rings. The largest absolute Gasteiger partial charge is 0.481 e. The van der Waals surface area contributed by atoms with Crippen molar-refractivity contribution >= 4 is 23.4 Å². The molecular weight excluding hydrogens is 368 g/mol. The fourth-order valence-electron chi connectivity index (χ4n) is 3.26. The second-order valence-corrected chi connectivity index (χ2v) is 7.24. The summed E-state index contributed by atoms with van der Waals surface area (Å²) < 4.78 is 0. The molecule has 4 atom stereocenters. The van der Waals surface area contributed by atoms with Gasteiger partial charge in [-0.1, -0.05) is 48.0 Å². The number of unbranched alkanes of at least 4 members (excludes halogenated alkanes) is 1. The lowest BCUT2D eigenvalue weighted by Crippen LogP contribution is -2.18. The minimum atomic E-state index is -0.847. The van der Waals surface area contributed by atoms with Crippen LogP contribution in [0.2, 0.25) is 5.02 Å². The molecule has 1 saturated carbocycles. The number of carbonyl (C=O) groups excluding carboxylic acids is 1. The second kappa shape index (κ2) is 10.4. The van der Waals surface area contributed by atoms with Crippen LogP contribution in [0.25, 0.3) is 0 Å². The monoisotopic (exact) mass is 392 g/mol. The topological polar surface area (TPSA) is 94.8 Å². The molecular formula is C21H25ClO5. The van der Waals surface area contributed by atoms with Gasteiger partial charge in [0.05, 0.1) is 12.2 Å². The normalized spacial score (nSPS) is 24.1. The number of aliphatic carboxylic acids is 1. The van der Waals surface area contributed by atoms with E-state index in [9.17, 15) is 19.8 Å². The summed E-state index contributed by atoms with van der Waals surface area (Å²) in [6.07, 6.45) is 7.48. The third-order valence-corrected chi connectivity index (χ3v) is 5.04. The number of ketones is 1. The molecule has 0 spiro atoms. The van der Waals surface area contributed by atoms with Crippen molar-refractivity contribution in [2.45, 2.75) is 44.3 Å². The van der Waals surface area contributed by atoms with Crippen molar-refractivity contribution in [1.29, 1.82) is 0 Å². The molecule has 0 aromatic heterocycles. The van der Waals surface area contributed by atoms with Crippen molar-refractivity contribution in [1.82, 2.24) is 0 Å². The van der Waals surface area contributed by atoms with E-state index in [0.717, 1.165) is 0 Å². The van der Waals surface area contributed by atoms with Gasteiger partial charge in [0, 0.05) is 29.7 Å². The lowest BCUT2D eigenvalue weighted by atomic mass is 9.90. The summed E-state index contributed by atoms with van der Waals surface area (Å²) in [5.74, 6) is -1.52. The van der Waals surface area contributed by atoms with Crippen LogP contribution in [-0.4, -0.2) is 33.2 Å². The van der Waals surface area contributed by atoms with Crippen molar-refractivity contribution in [3.05, 3.63) is 59.2 Å². The molecule has 0 unspecified atom stereocenters. The number of halogens is 1. The maximum absolute atomic E-state index is 12.2. The quantitative estimate of drug-likeness (QED) is 0.440. The summed E-state index contributed by atoms with van der Waals surface area (Å²) in [6, 6.07) is 6.83. The number of aliphatic hydroxyl groups excluding tert-OH is 2. The van der Waals surface area contributed by atoms with Gasteiger partial charge in [0.25, 0.3) is 0 Å². The van der Waals surface area contributed by atoms with Crippen LogP contribution in [0.15, 0.2) is 48.6 Å². The van der Waals surface area contributed by atoms with Gasteiger partial charge in [-0.15, -0.1) is 0 Å². The van der Waals surface area contributed by atoms with E-state index in [0.29, 0.717) is 29.8 Å². The highest BCUT2D eigenvalue weighted by Gasteiger charge is 2.39. The predicted molar refractivity (Wildman–Crippen MR) is 103 cm³/mol. The molecule has 0 bridgehead atoms. The van der Waals surface area contributed by atoms with Crippen LogP contribution >= 0.6 is 11.6 Å². The molecule has 1 aliphatic carbocycles. The molecule has 3 N–H and O–H groups in total. The van der Waals surface area contributed by atoms with E-state index in [1.807, 2.05) is 12.2 Å². The molecule has 2 rings (SSSR count). The number of carboxylic acid groups (broad SMARTS) is 1. The van der Waals surface area contributed by atoms with Gasteiger partial charge in [-0.3, -0.25) is 9.59 Å². The van der Waals surface area contributed by atoms with Crippen LogP contribution in [0.3, 0.4) is 0 Å². The lowest BCUT2D eigenvalue weighted by molar-refractivity contribution is -0.137. The molecule has 1 aromatic carbocycles. The van der Waals surface area contributed by atoms with Crippen LogP contribution in [0.4, 0.5) is 0 Å². The lowest BCUT2D eigenvalue weighted by Gasteiger charge is -2.17. The minimum Gasteiger partial charge on any atom is -0.481 e. The summed E-state index contributed by atoms with van der Waals surface area (Å²) in [5.41, 5.74) is 0.677. The second-order valence-electron chi connectivity index (χ2n) is 6.80. The molecule has 0 radical (unpaired) electrons. The molecule has 1 aliphatic rings. The summed E-state index contributed by atoms with van der Waals surface area (Å²) in [5, 5.41) is 29.6. The van der Waals surface area contributed by atoms with Crippen LogP contribution < -0.4 is 0 Å². The first-order valence-corrected chi connectivity index (χ1v) is 9.45. The minimum absolute atomic E-state index is 0.0358. The zero-order valence-corrected chi connectivity index (χ0v) is 15.8. The maximum atomic E-state index is 12.2. The number of carbonyl (C=O) groups is 2. The van der Waals surface area contributed by atoms with Crippen LogP contribution in [0.5, 0.6) is 0 Å². The Morgan fingerprint density at radius 1 is 1.26 bits per heavy atom. The molecule has 1 fully saturated rings. The maximum Gasteiger partial charge on any atom is 0.303 e. The number of aliphatic hydroxyl groups is 2. The SMILES string of the molecule is O=C(O)CCC/C=C\C[C@H]1[C@@H](O)CC(=O)[C@@H]1/C=C/[C@H](O)c1ccc(Cl)cc1. The molecule has 27 heavy (non-hydrogen) atoms. The molecule has 146 valence electrons. The highest BCUT2D eigenvalue weighted by molar-refractivity contribution is 6.30. The van der Waals surface area contributed by atoms with Crippen LogP contribution in [0.1, 0.15) is 43.8 Å². The third-order valence-electron chi connectivity index (χ3n) is 4.79. The van der Waals surface area contributed by atoms with Gasteiger partial charge in [0.1, 0.15) is 5.78 Å². The van der Waals surface area contributed by atoms with Gasteiger partial charge in [-0.2, -0.15) is 0 Å². The summed E-state index contributed by atoms with van der Waals surface area (Å²) in [6.45, 7) is 0. The average molecular weight is 393 g/mol. The summed E-state index contributed by atoms with van der Waals surface area (Å²) in [7, 11) is 0. The van der Waals surface area contributed by atoms with E-state index >= 15 is 0 Å².